The molecule has 1 unspecified atom stereocenters. The predicted octanol–water partition coefficient (Wildman–Crippen LogP) is 3.88. The highest BCUT2D eigenvalue weighted by Gasteiger charge is 2.30. The van der Waals surface area contributed by atoms with E-state index in [4.69, 9.17) is 4.74 Å². The Balaban J connectivity index is 1.72. The molecule has 0 bridgehead atoms. The number of pyridine rings is 1. The van der Waals surface area contributed by atoms with Gasteiger partial charge in [-0.25, -0.2) is 4.98 Å². The number of ether oxygens (including phenoxy) is 1. The maximum atomic E-state index is 13.2. The molecule has 0 N–H and O–H groups in total. The maximum absolute atomic E-state index is 13.2. The fraction of sp³-hybridized carbons (Fsp3) is 0.182. The van der Waals surface area contributed by atoms with E-state index in [2.05, 4.69) is 35.3 Å². The number of rotatable bonds is 3. The minimum absolute atomic E-state index is 0.0506. The second-order valence-electron chi connectivity index (χ2n) is 6.41. The van der Waals surface area contributed by atoms with E-state index in [1.54, 1.807) is 18.3 Å². The molecule has 0 saturated carbocycles. The van der Waals surface area contributed by atoms with Crippen LogP contribution in [0.25, 0.3) is 0 Å². The van der Waals surface area contributed by atoms with Gasteiger partial charge in [0.05, 0.1) is 7.11 Å². The highest BCUT2D eigenvalue weighted by molar-refractivity contribution is 5.96. The lowest BCUT2D eigenvalue weighted by atomic mass is 9.84. The highest BCUT2D eigenvalue weighted by Crippen LogP contribution is 2.34. The molecule has 1 aliphatic heterocycles. The van der Waals surface area contributed by atoms with Gasteiger partial charge < -0.3 is 9.64 Å². The first-order valence-electron chi connectivity index (χ1n) is 8.69. The minimum Gasteiger partial charge on any atom is -0.480 e. The third kappa shape index (κ3) is 2.94. The van der Waals surface area contributed by atoms with Crippen molar-refractivity contribution in [3.63, 3.8) is 0 Å². The number of hydrogen-bond donors (Lipinski definition) is 0. The molecule has 4 heteroatoms. The smallest absolute Gasteiger partial charge is 0.259 e. The van der Waals surface area contributed by atoms with Crippen LogP contribution in [0.15, 0.2) is 72.9 Å². The number of methoxy groups -OCH3 is 1. The van der Waals surface area contributed by atoms with Crippen LogP contribution in [0.5, 0.6) is 5.88 Å². The first kappa shape index (κ1) is 16.3. The van der Waals surface area contributed by atoms with Crippen molar-refractivity contribution in [3.8, 4) is 5.88 Å². The predicted molar refractivity (Wildman–Crippen MR) is 100 cm³/mol. The molecular formula is C22H20N2O2. The monoisotopic (exact) mass is 344 g/mol. The quantitative estimate of drug-likeness (QED) is 0.724. The second kappa shape index (κ2) is 7.00. The number of aromatic nitrogens is 1. The molecule has 3 aromatic rings. The summed E-state index contributed by atoms with van der Waals surface area (Å²) in [4.78, 5) is 19.2. The van der Waals surface area contributed by atoms with Crippen LogP contribution < -0.4 is 4.74 Å². The van der Waals surface area contributed by atoms with Gasteiger partial charge in [0, 0.05) is 25.2 Å². The zero-order valence-corrected chi connectivity index (χ0v) is 14.6. The molecule has 1 aliphatic rings. The molecule has 130 valence electrons. The van der Waals surface area contributed by atoms with E-state index in [0.717, 1.165) is 0 Å². The number of benzene rings is 2. The Morgan fingerprint density at radius 2 is 1.81 bits per heavy atom. The van der Waals surface area contributed by atoms with Gasteiger partial charge in [-0.15, -0.1) is 0 Å². The molecule has 1 atom stereocenters. The molecule has 4 rings (SSSR count). The Kier molecular flexibility index (Phi) is 4.40. The summed E-state index contributed by atoms with van der Waals surface area (Å²) in [6.45, 7) is 1.23. The largest absolute Gasteiger partial charge is 0.480 e. The molecule has 0 fully saturated rings. The Labute approximate surface area is 153 Å². The molecule has 2 heterocycles. The number of carbonyl (C=O) groups excluding carboxylic acids is 1. The fourth-order valence-corrected chi connectivity index (χ4v) is 3.62. The van der Waals surface area contributed by atoms with Gasteiger partial charge in [-0.2, -0.15) is 0 Å². The summed E-state index contributed by atoms with van der Waals surface area (Å²) < 4.78 is 5.28. The number of nitrogens with zero attached hydrogens (tertiary/aromatic N) is 2. The highest BCUT2D eigenvalue weighted by atomic mass is 16.5. The summed E-state index contributed by atoms with van der Waals surface area (Å²) in [5.74, 6) is 0.478. The molecule has 1 aromatic heterocycles. The van der Waals surface area contributed by atoms with Gasteiger partial charge in [-0.1, -0.05) is 54.6 Å². The lowest BCUT2D eigenvalue weighted by Crippen LogP contribution is -2.38. The van der Waals surface area contributed by atoms with E-state index in [-0.39, 0.29) is 11.8 Å². The van der Waals surface area contributed by atoms with Gasteiger partial charge in [0.25, 0.3) is 5.91 Å². The summed E-state index contributed by atoms with van der Waals surface area (Å²) >= 11 is 0. The van der Waals surface area contributed by atoms with Gasteiger partial charge in [-0.3, -0.25) is 4.79 Å². The van der Waals surface area contributed by atoms with Crippen LogP contribution in [-0.4, -0.2) is 29.4 Å². The number of hydrogen-bond acceptors (Lipinski definition) is 3. The summed E-state index contributed by atoms with van der Waals surface area (Å²) in [5.41, 5.74) is 4.20. The van der Waals surface area contributed by atoms with Gasteiger partial charge in [0.1, 0.15) is 5.56 Å². The topological polar surface area (TPSA) is 42.4 Å². The van der Waals surface area contributed by atoms with Crippen LogP contribution in [0.1, 0.15) is 33.0 Å². The first-order chi connectivity index (χ1) is 12.8. The molecule has 0 radical (unpaired) electrons. The Morgan fingerprint density at radius 3 is 2.62 bits per heavy atom. The van der Waals surface area contributed by atoms with Crippen molar-refractivity contribution >= 4 is 5.91 Å². The van der Waals surface area contributed by atoms with Crippen molar-refractivity contribution in [2.24, 2.45) is 0 Å². The van der Waals surface area contributed by atoms with Crippen molar-refractivity contribution in [1.82, 2.24) is 9.88 Å². The standard InChI is InChI=1S/C22H20N2O2/c1-26-21-19(12-7-13-23-21)22(25)24-14-17-10-5-6-11-18(17)20(15-24)16-8-3-2-4-9-16/h2-13,20H,14-15H2,1H3. The minimum atomic E-state index is -0.0506. The maximum Gasteiger partial charge on any atom is 0.259 e. The molecular weight excluding hydrogens is 324 g/mol. The summed E-state index contributed by atoms with van der Waals surface area (Å²) in [5, 5.41) is 0. The average molecular weight is 344 g/mol. The summed E-state index contributed by atoms with van der Waals surface area (Å²) in [6, 6.07) is 22.3. The van der Waals surface area contributed by atoms with Crippen molar-refractivity contribution in [2.75, 3.05) is 13.7 Å². The third-order valence-corrected chi connectivity index (χ3v) is 4.88. The van der Waals surface area contributed by atoms with Gasteiger partial charge >= 0.3 is 0 Å². The van der Waals surface area contributed by atoms with Crippen molar-refractivity contribution in [3.05, 3.63) is 95.2 Å². The van der Waals surface area contributed by atoms with Crippen molar-refractivity contribution in [2.45, 2.75) is 12.5 Å². The van der Waals surface area contributed by atoms with Crippen LogP contribution in [-0.2, 0) is 6.54 Å². The van der Waals surface area contributed by atoms with E-state index in [0.29, 0.717) is 24.5 Å². The Bertz CT molecular complexity index is 924. The molecule has 4 nitrogen and oxygen atoms in total. The first-order valence-corrected chi connectivity index (χ1v) is 8.69. The number of carbonyl (C=O) groups is 1. The molecule has 2 aromatic carbocycles. The van der Waals surface area contributed by atoms with E-state index in [9.17, 15) is 4.79 Å². The summed E-state index contributed by atoms with van der Waals surface area (Å²) in [6.07, 6.45) is 1.63. The van der Waals surface area contributed by atoms with E-state index >= 15 is 0 Å². The lowest BCUT2D eigenvalue weighted by molar-refractivity contribution is 0.0720. The third-order valence-electron chi connectivity index (χ3n) is 4.88. The van der Waals surface area contributed by atoms with Gasteiger partial charge in [0.15, 0.2) is 0 Å². The van der Waals surface area contributed by atoms with Crippen molar-refractivity contribution < 1.29 is 9.53 Å². The van der Waals surface area contributed by atoms with Crippen LogP contribution in [0.4, 0.5) is 0 Å². The second-order valence-corrected chi connectivity index (χ2v) is 6.41. The molecule has 0 saturated heterocycles. The molecule has 0 aliphatic carbocycles. The van der Waals surface area contributed by atoms with Crippen LogP contribution in [0, 0.1) is 0 Å². The Morgan fingerprint density at radius 1 is 1.04 bits per heavy atom. The average Bonchev–Trinajstić information content (AvgIpc) is 2.73. The molecule has 1 amide bonds. The van der Waals surface area contributed by atoms with Crippen LogP contribution in [0.3, 0.4) is 0 Å². The SMILES string of the molecule is COc1ncccc1C(=O)N1Cc2ccccc2C(c2ccccc2)C1. The van der Waals surface area contributed by atoms with E-state index < -0.39 is 0 Å². The van der Waals surface area contributed by atoms with E-state index in [1.807, 2.05) is 29.2 Å². The van der Waals surface area contributed by atoms with Crippen LogP contribution >= 0.6 is 0 Å². The van der Waals surface area contributed by atoms with Gasteiger partial charge in [-0.05, 0) is 28.8 Å². The fourth-order valence-electron chi connectivity index (χ4n) is 3.62. The van der Waals surface area contributed by atoms with E-state index in [1.165, 1.54) is 23.8 Å². The zero-order chi connectivity index (χ0) is 17.9. The van der Waals surface area contributed by atoms with Crippen molar-refractivity contribution in [1.29, 1.82) is 0 Å². The van der Waals surface area contributed by atoms with Gasteiger partial charge in [0.2, 0.25) is 5.88 Å². The Hall–Kier alpha value is -3.14. The van der Waals surface area contributed by atoms with Crippen LogP contribution in [0.2, 0.25) is 0 Å². The number of fused-ring (bicyclic) bond motifs is 1. The lowest BCUT2D eigenvalue weighted by Gasteiger charge is -2.35. The summed E-state index contributed by atoms with van der Waals surface area (Å²) in [7, 11) is 1.54. The zero-order valence-electron chi connectivity index (χ0n) is 14.6. The molecule has 0 spiro atoms. The molecule has 26 heavy (non-hydrogen) atoms. The normalized spacial score (nSPS) is 16.0. The number of amides is 1.